The van der Waals surface area contributed by atoms with Crippen molar-refractivity contribution in [2.24, 2.45) is 5.73 Å². The van der Waals surface area contributed by atoms with E-state index in [2.05, 4.69) is 4.98 Å². The standard InChI is InChI=1S/C8H11FN2O.ClH/c1-5(10)7-3-6(9)4-11-8(7)12-2;/h3-5H,10H2,1-2H3;1H. The first-order valence-electron chi connectivity index (χ1n) is 3.60. The molecule has 1 atom stereocenters. The molecule has 0 spiro atoms. The molecule has 0 aliphatic rings. The van der Waals surface area contributed by atoms with E-state index in [1.165, 1.54) is 13.2 Å². The molecule has 0 aliphatic carbocycles. The van der Waals surface area contributed by atoms with Crippen molar-refractivity contribution < 1.29 is 9.13 Å². The van der Waals surface area contributed by atoms with E-state index < -0.39 is 5.82 Å². The lowest BCUT2D eigenvalue weighted by Crippen LogP contribution is -2.08. The molecule has 0 aliphatic heterocycles. The van der Waals surface area contributed by atoms with E-state index in [9.17, 15) is 4.39 Å². The number of nitrogens with zero attached hydrogens (tertiary/aromatic N) is 1. The van der Waals surface area contributed by atoms with Gasteiger partial charge in [-0.05, 0) is 13.0 Å². The van der Waals surface area contributed by atoms with Crippen molar-refractivity contribution in [1.29, 1.82) is 0 Å². The third-order valence-electron chi connectivity index (χ3n) is 1.53. The topological polar surface area (TPSA) is 48.1 Å². The average Bonchev–Trinajstić information content (AvgIpc) is 2.04. The van der Waals surface area contributed by atoms with E-state index in [0.717, 1.165) is 6.20 Å². The Labute approximate surface area is 82.5 Å². The molecule has 0 saturated heterocycles. The van der Waals surface area contributed by atoms with Gasteiger partial charge >= 0.3 is 0 Å². The second kappa shape index (κ2) is 4.99. The predicted octanol–water partition coefficient (Wildman–Crippen LogP) is 1.67. The Morgan fingerprint density at radius 2 is 2.23 bits per heavy atom. The zero-order valence-electron chi connectivity index (χ0n) is 7.45. The summed E-state index contributed by atoms with van der Waals surface area (Å²) in [5, 5.41) is 0. The first-order chi connectivity index (χ1) is 5.65. The Morgan fingerprint density at radius 3 is 2.69 bits per heavy atom. The molecule has 1 aromatic heterocycles. The summed E-state index contributed by atoms with van der Waals surface area (Å²) in [5.41, 5.74) is 6.15. The van der Waals surface area contributed by atoms with Gasteiger partial charge in [0.25, 0.3) is 0 Å². The summed E-state index contributed by atoms with van der Waals surface area (Å²) in [6, 6.07) is 1.05. The molecule has 0 radical (unpaired) electrons. The van der Waals surface area contributed by atoms with Crippen molar-refractivity contribution in [3.05, 3.63) is 23.6 Å². The Kier molecular flexibility index (Phi) is 4.66. The molecule has 0 saturated carbocycles. The normalized spacial score (nSPS) is 11.7. The molecule has 0 aromatic carbocycles. The summed E-state index contributed by atoms with van der Waals surface area (Å²) < 4.78 is 17.6. The lowest BCUT2D eigenvalue weighted by atomic mass is 10.1. The van der Waals surface area contributed by atoms with Gasteiger partial charge in [0.2, 0.25) is 5.88 Å². The fourth-order valence-electron chi connectivity index (χ4n) is 0.939. The average molecular weight is 207 g/mol. The maximum absolute atomic E-state index is 12.7. The van der Waals surface area contributed by atoms with Crippen molar-refractivity contribution in [3.63, 3.8) is 0 Å². The Hall–Kier alpha value is -0.870. The number of ether oxygens (including phenoxy) is 1. The third-order valence-corrected chi connectivity index (χ3v) is 1.53. The van der Waals surface area contributed by atoms with Gasteiger partial charge in [-0.15, -0.1) is 12.4 Å². The monoisotopic (exact) mass is 206 g/mol. The number of hydrogen-bond acceptors (Lipinski definition) is 3. The van der Waals surface area contributed by atoms with E-state index in [-0.39, 0.29) is 18.4 Å². The highest BCUT2D eigenvalue weighted by molar-refractivity contribution is 5.85. The molecule has 2 N–H and O–H groups in total. The number of pyridine rings is 1. The number of methoxy groups -OCH3 is 1. The van der Waals surface area contributed by atoms with Crippen LogP contribution in [-0.2, 0) is 0 Å². The van der Waals surface area contributed by atoms with Crippen molar-refractivity contribution in [3.8, 4) is 5.88 Å². The van der Waals surface area contributed by atoms with E-state index >= 15 is 0 Å². The van der Waals surface area contributed by atoms with Gasteiger partial charge in [-0.3, -0.25) is 0 Å². The minimum absolute atomic E-state index is 0. The van der Waals surface area contributed by atoms with Crippen LogP contribution in [0.5, 0.6) is 5.88 Å². The second-order valence-electron chi connectivity index (χ2n) is 2.54. The van der Waals surface area contributed by atoms with Crippen molar-refractivity contribution in [2.45, 2.75) is 13.0 Å². The number of nitrogens with two attached hydrogens (primary N) is 1. The fraction of sp³-hybridized carbons (Fsp3) is 0.375. The molecule has 3 nitrogen and oxygen atoms in total. The number of rotatable bonds is 2. The third kappa shape index (κ3) is 2.82. The maximum Gasteiger partial charge on any atom is 0.218 e. The Balaban J connectivity index is 0.00000144. The van der Waals surface area contributed by atoms with E-state index in [0.29, 0.717) is 11.4 Å². The highest BCUT2D eigenvalue weighted by Gasteiger charge is 2.09. The van der Waals surface area contributed by atoms with Gasteiger partial charge in [-0.25, -0.2) is 9.37 Å². The van der Waals surface area contributed by atoms with Crippen LogP contribution in [0.4, 0.5) is 4.39 Å². The second-order valence-corrected chi connectivity index (χ2v) is 2.54. The van der Waals surface area contributed by atoms with Crippen LogP contribution in [-0.4, -0.2) is 12.1 Å². The molecule has 1 aromatic rings. The smallest absolute Gasteiger partial charge is 0.218 e. The summed E-state index contributed by atoms with van der Waals surface area (Å²) in [4.78, 5) is 3.74. The Morgan fingerprint density at radius 1 is 1.62 bits per heavy atom. The number of hydrogen-bond donors (Lipinski definition) is 1. The van der Waals surface area contributed by atoms with Crippen LogP contribution in [0.25, 0.3) is 0 Å². The number of halogens is 2. The van der Waals surface area contributed by atoms with Gasteiger partial charge in [0.1, 0.15) is 5.82 Å². The van der Waals surface area contributed by atoms with Crippen molar-refractivity contribution in [1.82, 2.24) is 4.98 Å². The van der Waals surface area contributed by atoms with E-state index in [4.69, 9.17) is 10.5 Å². The Bertz CT molecular complexity index is 281. The number of aromatic nitrogens is 1. The largest absolute Gasteiger partial charge is 0.481 e. The molecular formula is C8H12ClFN2O. The van der Waals surface area contributed by atoms with E-state index in [1.54, 1.807) is 6.92 Å². The van der Waals surface area contributed by atoms with Crippen LogP contribution < -0.4 is 10.5 Å². The van der Waals surface area contributed by atoms with Gasteiger partial charge in [0.05, 0.1) is 13.3 Å². The zero-order valence-corrected chi connectivity index (χ0v) is 8.27. The zero-order chi connectivity index (χ0) is 9.14. The first kappa shape index (κ1) is 12.1. The quantitative estimate of drug-likeness (QED) is 0.801. The van der Waals surface area contributed by atoms with Gasteiger partial charge in [0.15, 0.2) is 0 Å². The molecule has 0 fully saturated rings. The van der Waals surface area contributed by atoms with Gasteiger partial charge < -0.3 is 10.5 Å². The summed E-state index contributed by atoms with van der Waals surface area (Å²) in [7, 11) is 1.48. The molecule has 74 valence electrons. The molecule has 5 heteroatoms. The summed E-state index contributed by atoms with van der Waals surface area (Å²) >= 11 is 0. The summed E-state index contributed by atoms with van der Waals surface area (Å²) in [5.74, 6) is -0.0190. The minimum atomic E-state index is -0.400. The van der Waals surface area contributed by atoms with Gasteiger partial charge in [-0.2, -0.15) is 0 Å². The van der Waals surface area contributed by atoms with Gasteiger partial charge in [-0.1, -0.05) is 0 Å². The van der Waals surface area contributed by atoms with E-state index in [1.807, 2.05) is 0 Å². The summed E-state index contributed by atoms with van der Waals surface area (Å²) in [6.45, 7) is 1.75. The maximum atomic E-state index is 12.7. The first-order valence-corrected chi connectivity index (χ1v) is 3.60. The van der Waals surface area contributed by atoms with Crippen molar-refractivity contribution in [2.75, 3.05) is 7.11 Å². The van der Waals surface area contributed by atoms with Crippen LogP contribution in [0, 0.1) is 5.82 Å². The van der Waals surface area contributed by atoms with Crippen LogP contribution in [0.3, 0.4) is 0 Å². The predicted molar refractivity (Wildman–Crippen MR) is 50.6 cm³/mol. The fourth-order valence-corrected chi connectivity index (χ4v) is 0.939. The van der Waals surface area contributed by atoms with Crippen molar-refractivity contribution >= 4 is 12.4 Å². The SMILES string of the molecule is COc1ncc(F)cc1C(C)N.Cl. The molecule has 0 bridgehead atoms. The molecule has 1 heterocycles. The minimum Gasteiger partial charge on any atom is -0.481 e. The van der Waals surface area contributed by atoms with Gasteiger partial charge in [0, 0.05) is 11.6 Å². The van der Waals surface area contributed by atoms with Crippen LogP contribution in [0.15, 0.2) is 12.3 Å². The lowest BCUT2D eigenvalue weighted by Gasteiger charge is -2.09. The molecule has 1 unspecified atom stereocenters. The summed E-state index contributed by atoms with van der Waals surface area (Å²) in [6.07, 6.45) is 1.10. The molecule has 13 heavy (non-hydrogen) atoms. The van der Waals surface area contributed by atoms with Crippen LogP contribution >= 0.6 is 12.4 Å². The van der Waals surface area contributed by atoms with Crippen LogP contribution in [0.1, 0.15) is 18.5 Å². The lowest BCUT2D eigenvalue weighted by molar-refractivity contribution is 0.387. The highest BCUT2D eigenvalue weighted by atomic mass is 35.5. The molecular weight excluding hydrogens is 195 g/mol. The van der Waals surface area contributed by atoms with Crippen LogP contribution in [0.2, 0.25) is 0 Å². The highest BCUT2D eigenvalue weighted by Crippen LogP contribution is 2.20. The molecule has 0 amide bonds. The molecule has 1 rings (SSSR count).